The van der Waals surface area contributed by atoms with E-state index in [2.05, 4.69) is 15.5 Å². The van der Waals surface area contributed by atoms with E-state index in [0.29, 0.717) is 58.4 Å². The molecule has 0 saturated carbocycles. The number of hydrogen-bond acceptors (Lipinski definition) is 9. The molecule has 0 amide bonds. The molecule has 0 bridgehead atoms. The number of rotatable bonds is 14. The maximum atomic E-state index is 13.2. The second-order valence-electron chi connectivity index (χ2n) is 9.31. The highest BCUT2D eigenvalue weighted by Crippen LogP contribution is 2.28. The molecule has 4 aromatic rings. The Hall–Kier alpha value is -4.75. The van der Waals surface area contributed by atoms with Crippen molar-refractivity contribution in [2.24, 2.45) is 0 Å². The fourth-order valence-corrected chi connectivity index (χ4v) is 4.46. The summed E-state index contributed by atoms with van der Waals surface area (Å²) in [6.07, 6.45) is 5.84. The number of aliphatic hydroxyl groups is 2. The Morgan fingerprint density at radius 2 is 1.67 bits per heavy atom. The molecule has 0 aliphatic rings. The molecule has 2 unspecified atom stereocenters. The van der Waals surface area contributed by atoms with Crippen LogP contribution in [0.4, 0.5) is 5.82 Å². The number of H-pyrrole nitrogens is 1. The van der Waals surface area contributed by atoms with Gasteiger partial charge in [0.2, 0.25) is 0 Å². The van der Waals surface area contributed by atoms with E-state index in [-0.39, 0.29) is 17.9 Å². The van der Waals surface area contributed by atoms with Gasteiger partial charge in [-0.3, -0.25) is 9.89 Å². The molecule has 2 atom stereocenters. The molecule has 12 heteroatoms. The van der Waals surface area contributed by atoms with Crippen molar-refractivity contribution in [3.05, 3.63) is 105 Å². The lowest BCUT2D eigenvalue weighted by atomic mass is 10.1. The van der Waals surface area contributed by atoms with E-state index < -0.39 is 12.6 Å². The number of aromatic nitrogens is 4. The van der Waals surface area contributed by atoms with Gasteiger partial charge in [0, 0.05) is 54.6 Å². The number of ether oxygens (including phenoxy) is 2. The molecule has 2 aromatic heterocycles. The number of anilines is 1. The first-order valence-electron chi connectivity index (χ1n) is 13.8. The molecule has 12 nitrogen and oxygen atoms in total. The summed E-state index contributed by atoms with van der Waals surface area (Å²) in [6, 6.07) is 13.5. The smallest absolute Gasteiger partial charge is 0.275 e. The molecule has 0 spiro atoms. The van der Waals surface area contributed by atoms with Crippen molar-refractivity contribution in [3.8, 4) is 17.3 Å². The number of benzene rings is 2. The topological polar surface area (TPSA) is 173 Å². The first-order valence-corrected chi connectivity index (χ1v) is 13.8. The van der Waals surface area contributed by atoms with Crippen LogP contribution in [0, 0.1) is 5.41 Å². The highest BCUT2D eigenvalue weighted by atomic mass is 16.6. The van der Waals surface area contributed by atoms with Gasteiger partial charge in [-0.05, 0) is 44.5 Å². The lowest BCUT2D eigenvalue weighted by Crippen LogP contribution is -2.17. The summed E-state index contributed by atoms with van der Waals surface area (Å²) >= 11 is 0. The maximum absolute atomic E-state index is 13.2. The monoisotopic (exact) mass is 587 g/mol. The third-order valence-corrected chi connectivity index (χ3v) is 6.57. The van der Waals surface area contributed by atoms with Gasteiger partial charge in [-0.2, -0.15) is 5.10 Å². The molecule has 4 rings (SSSR count). The molecular formula is C31H35N6O6-. The Kier molecular flexibility index (Phi) is 10.5. The molecule has 0 radical (unpaired) electrons. The highest BCUT2D eigenvalue weighted by Gasteiger charge is 2.15. The van der Waals surface area contributed by atoms with Gasteiger partial charge in [0.25, 0.3) is 5.56 Å². The summed E-state index contributed by atoms with van der Waals surface area (Å²) in [7, 11) is 1.66. The Morgan fingerprint density at radius 3 is 2.28 bits per heavy atom. The van der Waals surface area contributed by atoms with Crippen LogP contribution in [0.3, 0.4) is 0 Å². The molecule has 43 heavy (non-hydrogen) atoms. The van der Waals surface area contributed by atoms with Crippen molar-refractivity contribution in [1.82, 2.24) is 19.6 Å². The molecule has 0 saturated heterocycles. The van der Waals surface area contributed by atoms with Crippen molar-refractivity contribution >= 4 is 18.1 Å². The first-order chi connectivity index (χ1) is 20.8. The molecule has 2 heterocycles. The second-order valence-corrected chi connectivity index (χ2v) is 9.31. The number of aromatic amines is 1. The van der Waals surface area contributed by atoms with Crippen LogP contribution in [0.5, 0.6) is 5.88 Å². The normalized spacial score (nSPS) is 13.1. The van der Waals surface area contributed by atoms with Crippen LogP contribution in [-0.4, -0.2) is 56.3 Å². The van der Waals surface area contributed by atoms with Crippen molar-refractivity contribution in [1.29, 1.82) is 5.41 Å². The Bertz CT molecular complexity index is 1670. The fraction of sp³-hybridized carbons (Fsp3) is 0.258. The van der Waals surface area contributed by atoms with E-state index in [1.165, 1.54) is 9.36 Å². The van der Waals surface area contributed by atoms with Crippen LogP contribution in [-0.2, 0) is 15.9 Å². The molecular weight excluding hydrogens is 552 g/mol. The fourth-order valence-electron chi connectivity index (χ4n) is 4.46. The van der Waals surface area contributed by atoms with E-state index in [1.54, 1.807) is 93.7 Å². The standard InChI is InChI=1S/C31H36N6O6/c1-4-42-30(40)20-11-9-13-22(17-20)36-28(38)24(26(19-32)34-36)15-7-6-8-16-25-27(33-3)35-37(29(25)39)23-14-10-12-21(18-23)31(41)43-5-2/h6-14,16-19,30-32,34,39-41H,4-5,15H2,1-3H3,(H,33,35)/p-1. The minimum atomic E-state index is -1.12. The number of nitrogens with zero attached hydrogens (tertiary/aromatic N) is 3. The van der Waals surface area contributed by atoms with E-state index >= 15 is 0 Å². The minimum Gasteiger partial charge on any atom is -0.858 e. The number of nitrogens with one attached hydrogen (secondary N) is 3. The minimum absolute atomic E-state index is 0.232. The summed E-state index contributed by atoms with van der Waals surface area (Å²) in [5.41, 5.74) is 2.73. The van der Waals surface area contributed by atoms with Crippen molar-refractivity contribution in [2.75, 3.05) is 25.6 Å². The van der Waals surface area contributed by atoms with Crippen LogP contribution in [0.15, 0.2) is 71.6 Å². The molecule has 0 fully saturated rings. The summed E-state index contributed by atoms with van der Waals surface area (Å²) in [4.78, 5) is 13.2. The largest absolute Gasteiger partial charge is 0.858 e. The Labute approximate surface area is 248 Å². The van der Waals surface area contributed by atoms with Gasteiger partial charge in [0.05, 0.1) is 17.1 Å². The molecule has 0 aliphatic heterocycles. The Morgan fingerprint density at radius 1 is 1.05 bits per heavy atom. The van der Waals surface area contributed by atoms with Crippen LogP contribution in [0.25, 0.3) is 17.5 Å². The van der Waals surface area contributed by atoms with E-state index in [1.807, 2.05) is 0 Å². The van der Waals surface area contributed by atoms with Gasteiger partial charge in [-0.15, -0.1) is 0 Å². The second kappa shape index (κ2) is 14.4. The lowest BCUT2D eigenvalue weighted by molar-refractivity contribution is -0.278. The molecule has 5 N–H and O–H groups in total. The van der Waals surface area contributed by atoms with Crippen molar-refractivity contribution in [2.45, 2.75) is 32.8 Å². The van der Waals surface area contributed by atoms with Crippen LogP contribution in [0.1, 0.15) is 54.4 Å². The summed E-state index contributed by atoms with van der Waals surface area (Å²) < 4.78 is 13.0. The van der Waals surface area contributed by atoms with E-state index in [9.17, 15) is 20.1 Å². The summed E-state index contributed by atoms with van der Waals surface area (Å²) in [5, 5.41) is 51.6. The third kappa shape index (κ3) is 7.01. The van der Waals surface area contributed by atoms with E-state index in [0.717, 1.165) is 6.21 Å². The zero-order valence-electron chi connectivity index (χ0n) is 24.2. The zero-order valence-corrected chi connectivity index (χ0v) is 24.2. The van der Waals surface area contributed by atoms with Crippen LogP contribution in [0.2, 0.25) is 0 Å². The molecule has 0 aliphatic carbocycles. The average Bonchev–Trinajstić information content (AvgIpc) is 3.52. The van der Waals surface area contributed by atoms with Gasteiger partial charge in [0.1, 0.15) is 0 Å². The number of allylic oxidation sites excluding steroid dienone is 3. The highest BCUT2D eigenvalue weighted by molar-refractivity contribution is 5.76. The Balaban J connectivity index is 1.53. The maximum Gasteiger partial charge on any atom is 0.275 e. The van der Waals surface area contributed by atoms with Gasteiger partial charge in [-0.25, -0.2) is 9.36 Å². The van der Waals surface area contributed by atoms with Gasteiger partial charge in [-0.1, -0.05) is 48.6 Å². The summed E-state index contributed by atoms with van der Waals surface area (Å²) in [6.45, 7) is 4.22. The lowest BCUT2D eigenvalue weighted by Gasteiger charge is -2.15. The molecule has 2 aromatic carbocycles. The quantitative estimate of drug-likeness (QED) is 0.0849. The SMILES string of the molecule is CCOC(O)c1cccc(-n2nc(NC)c(C=CC=CCc3c(C=N)[nH]n(-c4cccc(C(O)OCC)c4)c3=O)c2[O-])c1. The van der Waals surface area contributed by atoms with Crippen LogP contribution >= 0.6 is 0 Å². The molecule has 226 valence electrons. The number of hydrogen-bond donors (Lipinski definition) is 5. The average molecular weight is 588 g/mol. The van der Waals surface area contributed by atoms with Gasteiger partial charge >= 0.3 is 0 Å². The van der Waals surface area contributed by atoms with Crippen LogP contribution < -0.4 is 16.0 Å². The van der Waals surface area contributed by atoms with E-state index in [4.69, 9.17) is 14.9 Å². The van der Waals surface area contributed by atoms with Gasteiger partial charge < -0.3 is 35.5 Å². The predicted octanol–water partition coefficient (Wildman–Crippen LogP) is 3.33. The number of aliphatic hydroxyl groups excluding tert-OH is 2. The van der Waals surface area contributed by atoms with Crippen molar-refractivity contribution < 1.29 is 24.8 Å². The third-order valence-electron chi connectivity index (χ3n) is 6.57. The zero-order chi connectivity index (χ0) is 30.9. The van der Waals surface area contributed by atoms with Gasteiger partial charge in [0.15, 0.2) is 18.4 Å². The van der Waals surface area contributed by atoms with Crippen molar-refractivity contribution in [3.63, 3.8) is 0 Å². The first kappa shape index (κ1) is 31.2. The summed E-state index contributed by atoms with van der Waals surface area (Å²) in [5.74, 6) is 0.0232. The predicted molar refractivity (Wildman–Crippen MR) is 162 cm³/mol.